The van der Waals surface area contributed by atoms with Crippen LogP contribution in [0.1, 0.15) is 48.9 Å². The summed E-state index contributed by atoms with van der Waals surface area (Å²) in [6.07, 6.45) is 6.90. The van der Waals surface area contributed by atoms with Crippen molar-refractivity contribution >= 4 is 33.3 Å². The molecule has 1 nitrogen and oxygen atoms in total. The van der Waals surface area contributed by atoms with E-state index < -0.39 is 0 Å². The Kier molecular flexibility index (Phi) is 4.63. The first-order valence-electron chi connectivity index (χ1n) is 6.18. The van der Waals surface area contributed by atoms with Gasteiger partial charge in [0.05, 0.1) is 5.02 Å². The molecule has 0 N–H and O–H groups in total. The summed E-state index contributed by atoms with van der Waals surface area (Å²) >= 11 is 9.49. The second-order valence-corrected chi connectivity index (χ2v) is 6.00. The highest BCUT2D eigenvalue weighted by Gasteiger charge is 2.22. The molecular formula is C14H16BrClO. The molecule has 1 saturated carbocycles. The van der Waals surface area contributed by atoms with Crippen LogP contribution in [-0.2, 0) is 0 Å². The van der Waals surface area contributed by atoms with Gasteiger partial charge in [-0.1, -0.05) is 53.2 Å². The van der Waals surface area contributed by atoms with Crippen LogP contribution in [0.2, 0.25) is 5.02 Å². The molecule has 0 atom stereocenters. The quantitative estimate of drug-likeness (QED) is 0.537. The first-order chi connectivity index (χ1) is 8.18. The summed E-state index contributed by atoms with van der Waals surface area (Å²) in [5.74, 6) is 0.403. The molecule has 0 unspecified atom stereocenters. The van der Waals surface area contributed by atoms with Gasteiger partial charge in [-0.05, 0) is 31.0 Å². The van der Waals surface area contributed by atoms with Gasteiger partial charge in [0.1, 0.15) is 0 Å². The average molecular weight is 316 g/mol. The van der Waals surface area contributed by atoms with Gasteiger partial charge in [-0.2, -0.15) is 0 Å². The van der Waals surface area contributed by atoms with Crippen LogP contribution in [0.4, 0.5) is 0 Å². The Balaban J connectivity index is 2.17. The van der Waals surface area contributed by atoms with E-state index in [1.807, 2.05) is 12.1 Å². The first kappa shape index (κ1) is 13.1. The van der Waals surface area contributed by atoms with E-state index in [1.165, 1.54) is 25.7 Å². The van der Waals surface area contributed by atoms with E-state index in [2.05, 4.69) is 15.9 Å². The van der Waals surface area contributed by atoms with Crippen molar-refractivity contribution in [3.05, 3.63) is 33.3 Å². The zero-order valence-corrected chi connectivity index (χ0v) is 12.1. The molecule has 1 aliphatic rings. The van der Waals surface area contributed by atoms with Gasteiger partial charge >= 0.3 is 0 Å². The van der Waals surface area contributed by atoms with E-state index in [9.17, 15) is 4.79 Å². The normalized spacial score (nSPS) is 17.8. The number of carbonyl (C=O) groups excluding carboxylic acids is 1. The van der Waals surface area contributed by atoms with Gasteiger partial charge in [-0.25, -0.2) is 0 Å². The fourth-order valence-electron chi connectivity index (χ4n) is 2.45. The third kappa shape index (κ3) is 3.32. The minimum Gasteiger partial charge on any atom is -0.294 e. The SMILES string of the molecule is O=C(c1ccc(Br)cc1Cl)C1CCCCCC1. The van der Waals surface area contributed by atoms with Gasteiger partial charge < -0.3 is 0 Å². The summed E-state index contributed by atoms with van der Waals surface area (Å²) in [6.45, 7) is 0. The number of halogens is 2. The van der Waals surface area contributed by atoms with E-state index in [-0.39, 0.29) is 11.7 Å². The summed E-state index contributed by atoms with van der Waals surface area (Å²) in [7, 11) is 0. The smallest absolute Gasteiger partial charge is 0.167 e. The Bertz CT molecular complexity index is 409. The fourth-order valence-corrected chi connectivity index (χ4v) is 3.22. The maximum atomic E-state index is 12.4. The van der Waals surface area contributed by atoms with Crippen molar-refractivity contribution in [2.75, 3.05) is 0 Å². The van der Waals surface area contributed by atoms with Crippen LogP contribution in [0, 0.1) is 5.92 Å². The number of ketones is 1. The molecule has 1 aromatic rings. The van der Waals surface area contributed by atoms with Crippen molar-refractivity contribution in [1.82, 2.24) is 0 Å². The van der Waals surface area contributed by atoms with E-state index in [4.69, 9.17) is 11.6 Å². The lowest BCUT2D eigenvalue weighted by Gasteiger charge is -2.13. The second kappa shape index (κ2) is 6.01. The molecule has 0 saturated heterocycles. The van der Waals surface area contributed by atoms with Crippen molar-refractivity contribution in [1.29, 1.82) is 0 Å². The van der Waals surface area contributed by atoms with Crippen LogP contribution in [0.25, 0.3) is 0 Å². The van der Waals surface area contributed by atoms with Crippen LogP contribution in [-0.4, -0.2) is 5.78 Å². The van der Waals surface area contributed by atoms with Gasteiger partial charge in [0.25, 0.3) is 0 Å². The molecular weight excluding hydrogens is 300 g/mol. The van der Waals surface area contributed by atoms with Crippen molar-refractivity contribution < 1.29 is 4.79 Å². The Morgan fingerprint density at radius 2 is 1.82 bits per heavy atom. The maximum absolute atomic E-state index is 12.4. The Morgan fingerprint density at radius 3 is 2.41 bits per heavy atom. The molecule has 0 aromatic heterocycles. The molecule has 0 spiro atoms. The molecule has 1 fully saturated rings. The Hall–Kier alpha value is -0.340. The summed E-state index contributed by atoms with van der Waals surface area (Å²) in [5, 5.41) is 0.564. The Labute approximate surface area is 116 Å². The molecule has 0 aliphatic heterocycles. The molecule has 0 bridgehead atoms. The fraction of sp³-hybridized carbons (Fsp3) is 0.500. The van der Waals surface area contributed by atoms with Crippen molar-refractivity contribution in [3.8, 4) is 0 Å². The van der Waals surface area contributed by atoms with E-state index in [1.54, 1.807) is 6.07 Å². The number of carbonyl (C=O) groups is 1. The molecule has 2 rings (SSSR count). The van der Waals surface area contributed by atoms with Gasteiger partial charge in [0.15, 0.2) is 5.78 Å². The third-order valence-corrected chi connectivity index (χ3v) is 4.23. The van der Waals surface area contributed by atoms with Crippen LogP contribution in [0.3, 0.4) is 0 Å². The first-order valence-corrected chi connectivity index (χ1v) is 7.35. The highest BCUT2D eigenvalue weighted by molar-refractivity contribution is 9.10. The lowest BCUT2D eigenvalue weighted by molar-refractivity contribution is 0.0908. The van der Waals surface area contributed by atoms with Crippen molar-refractivity contribution in [2.24, 2.45) is 5.92 Å². The molecule has 1 aliphatic carbocycles. The number of hydrogen-bond donors (Lipinski definition) is 0. The van der Waals surface area contributed by atoms with Crippen LogP contribution >= 0.6 is 27.5 Å². The summed E-state index contributed by atoms with van der Waals surface area (Å²) in [5.41, 5.74) is 0.682. The van der Waals surface area contributed by atoms with Gasteiger partial charge in [0.2, 0.25) is 0 Å². The predicted molar refractivity (Wildman–Crippen MR) is 74.7 cm³/mol. The zero-order chi connectivity index (χ0) is 12.3. The van der Waals surface area contributed by atoms with Gasteiger partial charge in [-0.3, -0.25) is 4.79 Å². The van der Waals surface area contributed by atoms with Crippen molar-refractivity contribution in [2.45, 2.75) is 38.5 Å². The lowest BCUT2D eigenvalue weighted by atomic mass is 9.91. The minimum atomic E-state index is 0.177. The van der Waals surface area contributed by atoms with Crippen LogP contribution < -0.4 is 0 Å². The molecule has 3 heteroatoms. The zero-order valence-electron chi connectivity index (χ0n) is 9.72. The third-order valence-electron chi connectivity index (χ3n) is 3.42. The highest BCUT2D eigenvalue weighted by atomic mass is 79.9. The maximum Gasteiger partial charge on any atom is 0.167 e. The topological polar surface area (TPSA) is 17.1 Å². The minimum absolute atomic E-state index is 0.177. The number of Topliss-reactive ketones (excluding diaryl/α,β-unsaturated/α-hetero) is 1. The van der Waals surface area contributed by atoms with Gasteiger partial charge in [-0.15, -0.1) is 0 Å². The van der Waals surface area contributed by atoms with E-state index in [0.29, 0.717) is 10.6 Å². The average Bonchev–Trinajstić information content (AvgIpc) is 2.56. The molecule has 0 amide bonds. The number of hydrogen-bond acceptors (Lipinski definition) is 1. The monoisotopic (exact) mass is 314 g/mol. The number of benzene rings is 1. The molecule has 92 valence electrons. The predicted octanol–water partition coefficient (Wildman–Crippen LogP) is 5.26. The standard InChI is InChI=1S/C14H16BrClO/c15-11-7-8-12(13(16)9-11)14(17)10-5-3-1-2-4-6-10/h7-10H,1-6H2. The summed E-state index contributed by atoms with van der Waals surface area (Å²) < 4.78 is 0.917. The van der Waals surface area contributed by atoms with Crippen LogP contribution in [0.5, 0.6) is 0 Å². The summed E-state index contributed by atoms with van der Waals surface area (Å²) in [6, 6.07) is 5.51. The molecule has 0 heterocycles. The molecule has 0 radical (unpaired) electrons. The molecule has 17 heavy (non-hydrogen) atoms. The lowest BCUT2D eigenvalue weighted by Crippen LogP contribution is -2.14. The second-order valence-electron chi connectivity index (χ2n) is 4.68. The largest absolute Gasteiger partial charge is 0.294 e. The number of rotatable bonds is 2. The summed E-state index contributed by atoms with van der Waals surface area (Å²) in [4.78, 5) is 12.4. The van der Waals surface area contributed by atoms with E-state index in [0.717, 1.165) is 17.3 Å². The molecule has 1 aromatic carbocycles. The Morgan fingerprint density at radius 1 is 1.18 bits per heavy atom. The van der Waals surface area contributed by atoms with Crippen molar-refractivity contribution in [3.63, 3.8) is 0 Å². The van der Waals surface area contributed by atoms with E-state index >= 15 is 0 Å². The van der Waals surface area contributed by atoms with Crippen LogP contribution in [0.15, 0.2) is 22.7 Å². The highest BCUT2D eigenvalue weighted by Crippen LogP contribution is 2.29. The van der Waals surface area contributed by atoms with Gasteiger partial charge in [0, 0.05) is 16.0 Å².